The van der Waals surface area contributed by atoms with Gasteiger partial charge in [-0.2, -0.15) is 0 Å². The summed E-state index contributed by atoms with van der Waals surface area (Å²) >= 11 is 0. The molecule has 1 aliphatic heterocycles. The minimum atomic E-state index is -0.688. The lowest BCUT2D eigenvalue weighted by atomic mass is 9.82. The lowest BCUT2D eigenvalue weighted by Gasteiger charge is -2.25. The van der Waals surface area contributed by atoms with Gasteiger partial charge in [0.25, 0.3) is 0 Å². The van der Waals surface area contributed by atoms with Crippen molar-refractivity contribution in [1.82, 2.24) is 0 Å². The highest BCUT2D eigenvalue weighted by Gasteiger charge is 2.54. The molecule has 0 bridgehead atoms. The van der Waals surface area contributed by atoms with Crippen molar-refractivity contribution in [3.05, 3.63) is 36.5 Å². The Morgan fingerprint density at radius 3 is 2.26 bits per heavy atom. The van der Waals surface area contributed by atoms with E-state index in [1.807, 2.05) is 0 Å². The second-order valence-corrected chi connectivity index (χ2v) is 5.79. The Morgan fingerprint density at radius 1 is 1.00 bits per heavy atom. The van der Waals surface area contributed by atoms with Gasteiger partial charge in [0.1, 0.15) is 6.10 Å². The zero-order valence-electron chi connectivity index (χ0n) is 10.7. The number of esters is 1. The van der Waals surface area contributed by atoms with E-state index in [4.69, 9.17) is 4.74 Å². The van der Waals surface area contributed by atoms with Crippen molar-refractivity contribution < 1.29 is 19.7 Å². The van der Waals surface area contributed by atoms with Gasteiger partial charge in [-0.15, -0.1) is 0 Å². The number of fused-ring (bicyclic) bond motifs is 3. The number of aliphatic hydroxyl groups excluding tert-OH is 2. The number of hydrogen-bond donors (Lipinski definition) is 2. The minimum absolute atomic E-state index is 0.0776. The zero-order valence-corrected chi connectivity index (χ0v) is 10.7. The van der Waals surface area contributed by atoms with Crippen molar-refractivity contribution in [2.45, 2.75) is 31.2 Å². The molecular weight excluding hydrogens is 244 g/mol. The lowest BCUT2D eigenvalue weighted by Crippen LogP contribution is -2.29. The van der Waals surface area contributed by atoms with Gasteiger partial charge in [0.05, 0.1) is 12.2 Å². The standard InChI is InChI=1S/C15H18O4/c1-6-9-4-12(17)8(3)13(9)14-10(5-11(6)16)7(2)15(18)19-14/h9-14,16-17H,1-5H2/t9-,10-,11-,12-,13-,14-/m0/s1. The van der Waals surface area contributed by atoms with Crippen molar-refractivity contribution in [3.63, 3.8) is 0 Å². The summed E-state index contributed by atoms with van der Waals surface area (Å²) in [5, 5.41) is 20.2. The van der Waals surface area contributed by atoms with E-state index in [2.05, 4.69) is 19.7 Å². The third-order valence-electron chi connectivity index (χ3n) is 4.85. The van der Waals surface area contributed by atoms with E-state index < -0.39 is 18.2 Å². The molecule has 0 aromatic carbocycles. The van der Waals surface area contributed by atoms with E-state index in [9.17, 15) is 15.0 Å². The molecule has 2 saturated carbocycles. The molecule has 4 nitrogen and oxygen atoms in total. The van der Waals surface area contributed by atoms with Crippen LogP contribution < -0.4 is 0 Å². The van der Waals surface area contributed by atoms with Crippen molar-refractivity contribution >= 4 is 5.97 Å². The average molecular weight is 262 g/mol. The average Bonchev–Trinajstić information content (AvgIpc) is 2.77. The fourth-order valence-corrected chi connectivity index (χ4v) is 3.71. The molecule has 2 aliphatic carbocycles. The van der Waals surface area contributed by atoms with Crippen molar-refractivity contribution in [3.8, 4) is 0 Å². The van der Waals surface area contributed by atoms with Crippen LogP contribution in [0, 0.1) is 17.8 Å². The highest BCUT2D eigenvalue weighted by Crippen LogP contribution is 2.51. The van der Waals surface area contributed by atoms with E-state index in [-0.39, 0.29) is 23.9 Å². The van der Waals surface area contributed by atoms with Crippen LogP contribution in [-0.4, -0.2) is 34.5 Å². The molecule has 3 fully saturated rings. The summed E-state index contributed by atoms with van der Waals surface area (Å²) in [5.74, 6) is -0.849. The van der Waals surface area contributed by atoms with Gasteiger partial charge in [0, 0.05) is 17.4 Å². The summed E-state index contributed by atoms with van der Waals surface area (Å²) in [6.45, 7) is 11.7. The third-order valence-corrected chi connectivity index (χ3v) is 4.85. The highest BCUT2D eigenvalue weighted by molar-refractivity contribution is 5.91. The van der Waals surface area contributed by atoms with Crippen LogP contribution in [0.1, 0.15) is 12.8 Å². The van der Waals surface area contributed by atoms with Gasteiger partial charge >= 0.3 is 5.97 Å². The molecule has 19 heavy (non-hydrogen) atoms. The molecule has 2 N–H and O–H groups in total. The van der Waals surface area contributed by atoms with Gasteiger partial charge in [0.15, 0.2) is 0 Å². The van der Waals surface area contributed by atoms with Crippen LogP contribution in [0.15, 0.2) is 36.5 Å². The summed E-state index contributed by atoms with van der Waals surface area (Å²) in [6.07, 6.45) is -0.780. The number of aliphatic hydroxyl groups is 2. The predicted octanol–water partition coefficient (Wildman–Crippen LogP) is 0.958. The maximum atomic E-state index is 11.7. The molecule has 3 aliphatic rings. The van der Waals surface area contributed by atoms with Crippen LogP contribution in [0.2, 0.25) is 0 Å². The van der Waals surface area contributed by atoms with Crippen LogP contribution in [0.5, 0.6) is 0 Å². The first kappa shape index (κ1) is 12.6. The second-order valence-electron chi connectivity index (χ2n) is 5.79. The van der Waals surface area contributed by atoms with Gasteiger partial charge in [-0.3, -0.25) is 0 Å². The van der Waals surface area contributed by atoms with Crippen LogP contribution in [0.3, 0.4) is 0 Å². The molecular formula is C15H18O4. The Morgan fingerprint density at radius 2 is 1.58 bits per heavy atom. The van der Waals surface area contributed by atoms with E-state index in [1.165, 1.54) is 0 Å². The van der Waals surface area contributed by atoms with Gasteiger partial charge < -0.3 is 14.9 Å². The summed E-state index contributed by atoms with van der Waals surface area (Å²) in [6, 6.07) is 0. The quantitative estimate of drug-likeness (QED) is 0.387. The predicted molar refractivity (Wildman–Crippen MR) is 69.0 cm³/mol. The molecule has 0 unspecified atom stereocenters. The Bertz CT molecular complexity index is 492. The van der Waals surface area contributed by atoms with E-state index in [1.54, 1.807) is 0 Å². The van der Waals surface area contributed by atoms with Crippen molar-refractivity contribution in [2.24, 2.45) is 17.8 Å². The molecule has 0 amide bonds. The fourth-order valence-electron chi connectivity index (χ4n) is 3.71. The molecule has 4 heteroatoms. The molecule has 0 aromatic rings. The maximum Gasteiger partial charge on any atom is 0.334 e. The lowest BCUT2D eigenvalue weighted by molar-refractivity contribution is -0.141. The van der Waals surface area contributed by atoms with Gasteiger partial charge in [0.2, 0.25) is 0 Å². The summed E-state index contributed by atoms with van der Waals surface area (Å²) < 4.78 is 5.42. The Hall–Kier alpha value is -1.39. The summed E-state index contributed by atoms with van der Waals surface area (Å²) in [5.41, 5.74) is 1.80. The summed E-state index contributed by atoms with van der Waals surface area (Å²) in [7, 11) is 0. The largest absolute Gasteiger partial charge is 0.458 e. The fraction of sp³-hybridized carbons (Fsp3) is 0.533. The number of rotatable bonds is 0. The highest BCUT2D eigenvalue weighted by atomic mass is 16.6. The van der Waals surface area contributed by atoms with Crippen molar-refractivity contribution in [1.29, 1.82) is 0 Å². The first-order valence-electron chi connectivity index (χ1n) is 6.55. The molecule has 3 rings (SSSR count). The number of carbonyl (C=O) groups is 1. The first-order chi connectivity index (χ1) is 8.91. The van der Waals surface area contributed by atoms with Crippen LogP contribution in [0.4, 0.5) is 0 Å². The van der Waals surface area contributed by atoms with E-state index in [0.717, 1.165) is 0 Å². The number of carbonyl (C=O) groups excluding carboxylic acids is 1. The van der Waals surface area contributed by atoms with E-state index >= 15 is 0 Å². The van der Waals surface area contributed by atoms with Crippen LogP contribution in [-0.2, 0) is 9.53 Å². The number of ether oxygens (including phenoxy) is 1. The first-order valence-corrected chi connectivity index (χ1v) is 6.55. The van der Waals surface area contributed by atoms with Gasteiger partial charge in [-0.1, -0.05) is 19.7 Å². The Balaban J connectivity index is 2.05. The normalized spacial score (nSPS) is 45.8. The molecule has 102 valence electrons. The Kier molecular flexibility index (Phi) is 2.69. The molecule has 1 heterocycles. The second kappa shape index (κ2) is 4.05. The van der Waals surface area contributed by atoms with Crippen LogP contribution >= 0.6 is 0 Å². The third kappa shape index (κ3) is 1.63. The van der Waals surface area contributed by atoms with E-state index in [0.29, 0.717) is 29.6 Å². The topological polar surface area (TPSA) is 66.8 Å². The molecule has 0 radical (unpaired) electrons. The van der Waals surface area contributed by atoms with Crippen LogP contribution in [0.25, 0.3) is 0 Å². The molecule has 6 atom stereocenters. The zero-order chi connectivity index (χ0) is 13.9. The van der Waals surface area contributed by atoms with Crippen molar-refractivity contribution in [2.75, 3.05) is 0 Å². The molecule has 0 spiro atoms. The minimum Gasteiger partial charge on any atom is -0.458 e. The van der Waals surface area contributed by atoms with Gasteiger partial charge in [-0.25, -0.2) is 4.79 Å². The maximum absolute atomic E-state index is 11.7. The number of hydrogen-bond acceptors (Lipinski definition) is 4. The smallest absolute Gasteiger partial charge is 0.334 e. The SMILES string of the molecule is C=C1[C@@H]2[C@H]3OC(=O)C(=C)[C@@H]3C[C@H](O)C(=C)[C@@H]2C[C@@H]1O. The molecule has 1 saturated heterocycles. The molecule has 0 aromatic heterocycles. The summed E-state index contributed by atoms with van der Waals surface area (Å²) in [4.78, 5) is 11.7. The van der Waals surface area contributed by atoms with Gasteiger partial charge in [-0.05, 0) is 29.9 Å². The monoisotopic (exact) mass is 262 g/mol. The Labute approximate surface area is 112 Å².